The molecule has 2 N–H and O–H groups in total. The fourth-order valence-electron chi connectivity index (χ4n) is 8.18. The van der Waals surface area contributed by atoms with Gasteiger partial charge in [0, 0.05) is 19.3 Å². The Hall–Kier alpha value is -4.12. The lowest BCUT2D eigenvalue weighted by atomic mass is 10.0. The first-order valence-electron chi connectivity index (χ1n) is 31.4. The third kappa shape index (κ3) is 58.5. The molecule has 0 bridgehead atoms. The predicted octanol–water partition coefficient (Wildman–Crippen LogP) is 19.1. The fraction of sp³-hybridized carbons (Fsp3) is 0.662. The van der Waals surface area contributed by atoms with Crippen LogP contribution in [0.4, 0.5) is 0 Å². The van der Waals surface area contributed by atoms with E-state index in [1.54, 1.807) is 0 Å². The van der Waals surface area contributed by atoms with Crippen LogP contribution in [0.15, 0.2) is 122 Å². The highest BCUT2D eigenvalue weighted by Gasteiger charge is 2.28. The first-order chi connectivity index (χ1) is 39.2. The summed E-state index contributed by atoms with van der Waals surface area (Å²) in [6.45, 7) is 4.33. The summed E-state index contributed by atoms with van der Waals surface area (Å²) in [5, 5.41) is 9.85. The summed E-state index contributed by atoms with van der Waals surface area (Å²) < 4.78 is 39.6. The molecule has 11 nitrogen and oxygen atoms in total. The Morgan fingerprint density at radius 1 is 0.362 bits per heavy atom. The van der Waals surface area contributed by atoms with E-state index < -0.39 is 57.8 Å². The zero-order chi connectivity index (χ0) is 58.3. The number of carbonyl (C=O) groups excluding carboxylic acids is 3. The largest absolute Gasteiger partial charge is 0.472 e. The van der Waals surface area contributed by atoms with Gasteiger partial charge in [0.15, 0.2) is 6.10 Å². The molecule has 0 aliphatic rings. The highest BCUT2D eigenvalue weighted by Crippen LogP contribution is 2.43. The Balaban J connectivity index is 4.83. The van der Waals surface area contributed by atoms with Gasteiger partial charge in [-0.25, -0.2) is 4.57 Å². The summed E-state index contributed by atoms with van der Waals surface area (Å²) in [5.41, 5.74) is 0. The van der Waals surface area contributed by atoms with Crippen molar-refractivity contribution in [1.29, 1.82) is 0 Å². The van der Waals surface area contributed by atoms with Gasteiger partial charge in [-0.15, -0.1) is 0 Å². The van der Waals surface area contributed by atoms with E-state index in [1.807, 2.05) is 12.2 Å². The maximum atomic E-state index is 12.9. The molecule has 0 heterocycles. The number of esters is 3. The average molecular weight is 1140 g/mol. The van der Waals surface area contributed by atoms with Gasteiger partial charge in [0.1, 0.15) is 12.7 Å². The predicted molar refractivity (Wildman–Crippen MR) is 334 cm³/mol. The monoisotopic (exact) mass is 1140 g/mol. The number of allylic oxidation sites excluding steroid dienone is 20. The van der Waals surface area contributed by atoms with E-state index in [0.29, 0.717) is 25.7 Å². The van der Waals surface area contributed by atoms with Crippen molar-refractivity contribution in [2.45, 2.75) is 264 Å². The molecule has 0 rings (SSSR count). The molecule has 0 saturated carbocycles. The topological polar surface area (TPSA) is 155 Å². The molecule has 12 heteroatoms. The molecule has 0 radical (unpaired) electrons. The van der Waals surface area contributed by atoms with Crippen molar-refractivity contribution < 1.29 is 52.2 Å². The number of aliphatic hydroxyl groups is 1. The van der Waals surface area contributed by atoms with E-state index in [4.69, 9.17) is 23.3 Å². The lowest BCUT2D eigenvalue weighted by Gasteiger charge is -2.21. The number of phosphoric acid groups is 1. The number of phosphoric ester groups is 1. The second-order valence-electron chi connectivity index (χ2n) is 20.5. The molecule has 0 fully saturated rings. The Bertz CT molecular complexity index is 1800. The zero-order valence-electron chi connectivity index (χ0n) is 50.5. The van der Waals surface area contributed by atoms with Crippen molar-refractivity contribution in [3.63, 3.8) is 0 Å². The van der Waals surface area contributed by atoms with E-state index in [0.717, 1.165) is 103 Å². The standard InChI is InChI=1S/C68H113O11P/c1-4-7-10-13-16-19-22-25-28-31-32-35-36-39-42-45-48-51-54-57-66(70)75-61-65(79-68(72)59-56-53-50-47-44-41-38-34-30-27-24-21-18-15-12-9-6-3)63-77-80(73,74)76-62-64(60-69)78-67(71)58-55-52-49-46-43-40-37-33-29-26-23-20-17-14-11-8-5-2/h7,9-10,12,16,18-19,21,25,27-28,30,32,35,38-39,41-42,47,50,64-65,69H,4-6,8,11,13-15,17,20,22-24,26,29,31,33-34,36-37,40,43-46,48-49,51-63H2,1-3H3,(H,73,74)/b10-7-,12-9-,19-16-,21-18-,28-25-,30-27-,35-32-,41-38-,42-39-,50-47-. The van der Waals surface area contributed by atoms with Crippen LogP contribution in [0.25, 0.3) is 0 Å². The highest BCUT2D eigenvalue weighted by atomic mass is 31.2. The molecule has 0 aliphatic carbocycles. The van der Waals surface area contributed by atoms with Gasteiger partial charge in [-0.1, -0.05) is 251 Å². The normalized spacial score (nSPS) is 14.1. The molecule has 0 aromatic rings. The molecule has 80 heavy (non-hydrogen) atoms. The number of hydrogen-bond acceptors (Lipinski definition) is 10. The Morgan fingerprint density at radius 2 is 0.662 bits per heavy atom. The molecule has 0 amide bonds. The van der Waals surface area contributed by atoms with Crippen LogP contribution in [-0.2, 0) is 42.2 Å². The second-order valence-corrected chi connectivity index (χ2v) is 21.9. The number of hydrogen-bond donors (Lipinski definition) is 2. The maximum Gasteiger partial charge on any atom is 0.472 e. The number of ether oxygens (including phenoxy) is 3. The summed E-state index contributed by atoms with van der Waals surface area (Å²) >= 11 is 0. The number of carbonyl (C=O) groups is 3. The van der Waals surface area contributed by atoms with Gasteiger partial charge in [-0.2, -0.15) is 0 Å². The van der Waals surface area contributed by atoms with E-state index in [1.165, 1.54) is 83.5 Å². The average Bonchev–Trinajstić information content (AvgIpc) is 3.45. The van der Waals surface area contributed by atoms with Gasteiger partial charge in [0.25, 0.3) is 0 Å². The van der Waals surface area contributed by atoms with Crippen LogP contribution in [0.2, 0.25) is 0 Å². The van der Waals surface area contributed by atoms with Crippen molar-refractivity contribution in [2.24, 2.45) is 0 Å². The van der Waals surface area contributed by atoms with Crippen LogP contribution >= 0.6 is 7.82 Å². The van der Waals surface area contributed by atoms with Gasteiger partial charge < -0.3 is 24.2 Å². The highest BCUT2D eigenvalue weighted by molar-refractivity contribution is 7.47. The minimum atomic E-state index is -4.78. The molecule has 0 saturated heterocycles. The van der Waals surface area contributed by atoms with Gasteiger partial charge in [0.2, 0.25) is 0 Å². The van der Waals surface area contributed by atoms with Crippen LogP contribution in [0, 0.1) is 0 Å². The quantitative estimate of drug-likeness (QED) is 0.0197. The summed E-state index contributed by atoms with van der Waals surface area (Å²) in [5.74, 6) is -1.58. The molecular weight excluding hydrogens is 1020 g/mol. The van der Waals surface area contributed by atoms with Gasteiger partial charge in [-0.3, -0.25) is 23.4 Å². The first kappa shape index (κ1) is 75.9. The third-order valence-corrected chi connectivity index (χ3v) is 13.8. The van der Waals surface area contributed by atoms with E-state index in [-0.39, 0.29) is 25.9 Å². The molecule has 3 atom stereocenters. The minimum absolute atomic E-state index is 0.0763. The van der Waals surface area contributed by atoms with Crippen molar-refractivity contribution in [2.75, 3.05) is 26.4 Å². The number of aliphatic hydroxyl groups excluding tert-OH is 1. The SMILES string of the molecule is CC/C=C\C/C=C\C/C=C\C/C=C\C/C=C\CCCCCC(=O)OCC(COP(=O)(O)OCC(CO)OC(=O)CCCCCCCCCCCCCCCCCCC)OC(=O)CCC/C=C\C/C=C\C/C=C\C/C=C\C/C=C\CC. The lowest BCUT2D eigenvalue weighted by molar-refractivity contribution is -0.161. The third-order valence-electron chi connectivity index (χ3n) is 12.9. The number of unbranched alkanes of at least 4 members (excludes halogenated alkanes) is 20. The van der Waals surface area contributed by atoms with Crippen molar-refractivity contribution in [3.05, 3.63) is 122 Å². The van der Waals surface area contributed by atoms with Crippen LogP contribution < -0.4 is 0 Å². The van der Waals surface area contributed by atoms with Crippen LogP contribution in [0.3, 0.4) is 0 Å². The zero-order valence-corrected chi connectivity index (χ0v) is 51.4. The summed E-state index contributed by atoms with van der Waals surface area (Å²) in [6, 6.07) is 0. The van der Waals surface area contributed by atoms with E-state index >= 15 is 0 Å². The summed E-state index contributed by atoms with van der Waals surface area (Å²) in [4.78, 5) is 48.7. The Morgan fingerprint density at radius 3 is 1.05 bits per heavy atom. The Labute approximate surface area is 487 Å². The van der Waals surface area contributed by atoms with E-state index in [9.17, 15) is 28.9 Å². The minimum Gasteiger partial charge on any atom is -0.462 e. The molecule has 0 aromatic carbocycles. The van der Waals surface area contributed by atoms with Gasteiger partial charge in [-0.05, 0) is 103 Å². The smallest absolute Gasteiger partial charge is 0.462 e. The van der Waals surface area contributed by atoms with E-state index in [2.05, 4.69) is 130 Å². The Kier molecular flexibility index (Phi) is 57.8. The van der Waals surface area contributed by atoms with Crippen LogP contribution in [-0.4, -0.2) is 66.5 Å². The molecule has 3 unspecified atom stereocenters. The summed E-state index contributed by atoms with van der Waals surface area (Å²) in [6.07, 6.45) is 75.9. The summed E-state index contributed by atoms with van der Waals surface area (Å²) in [7, 11) is -4.78. The fourth-order valence-corrected chi connectivity index (χ4v) is 8.97. The first-order valence-corrected chi connectivity index (χ1v) is 32.9. The maximum absolute atomic E-state index is 12.9. The van der Waals surface area contributed by atoms with Gasteiger partial charge >= 0.3 is 25.7 Å². The second kappa shape index (κ2) is 61.0. The number of rotatable bonds is 57. The lowest BCUT2D eigenvalue weighted by Crippen LogP contribution is -2.30. The van der Waals surface area contributed by atoms with Crippen LogP contribution in [0.5, 0.6) is 0 Å². The van der Waals surface area contributed by atoms with Gasteiger partial charge in [0.05, 0.1) is 19.8 Å². The molecule has 0 spiro atoms. The van der Waals surface area contributed by atoms with Crippen LogP contribution in [0.1, 0.15) is 252 Å². The van der Waals surface area contributed by atoms with Crippen molar-refractivity contribution >= 4 is 25.7 Å². The molecule has 0 aliphatic heterocycles. The van der Waals surface area contributed by atoms with Crippen molar-refractivity contribution in [3.8, 4) is 0 Å². The molecule has 456 valence electrons. The molecular formula is C68H113O11P. The molecule has 0 aromatic heterocycles. The van der Waals surface area contributed by atoms with Crippen molar-refractivity contribution in [1.82, 2.24) is 0 Å².